The highest BCUT2D eigenvalue weighted by atomic mass is 19.3. The molecule has 5 rings (SSSR count). The summed E-state index contributed by atoms with van der Waals surface area (Å²) in [7, 11) is 0. The number of rotatable bonds is 7. The van der Waals surface area contributed by atoms with Crippen LogP contribution in [-0.4, -0.2) is 29.4 Å². The Morgan fingerprint density at radius 2 is 2.09 bits per heavy atom. The predicted octanol–water partition coefficient (Wildman–Crippen LogP) is 5.57. The zero-order valence-electron chi connectivity index (χ0n) is 17.5. The van der Waals surface area contributed by atoms with Gasteiger partial charge in [-0.3, -0.25) is 0 Å². The number of halogens is 2. The first kappa shape index (κ1) is 21.2. The molecule has 0 fully saturated rings. The lowest BCUT2D eigenvalue weighted by atomic mass is 10.0. The highest BCUT2D eigenvalue weighted by Gasteiger charge is 2.18. The van der Waals surface area contributed by atoms with Gasteiger partial charge in [0.1, 0.15) is 17.8 Å². The number of oxazole rings is 1. The van der Waals surface area contributed by atoms with E-state index in [-0.39, 0.29) is 11.5 Å². The van der Waals surface area contributed by atoms with Crippen molar-refractivity contribution in [3.05, 3.63) is 78.2 Å². The highest BCUT2D eigenvalue weighted by Crippen LogP contribution is 2.36. The van der Waals surface area contributed by atoms with Gasteiger partial charge in [0.15, 0.2) is 22.8 Å². The number of furan rings is 1. The van der Waals surface area contributed by atoms with Crippen molar-refractivity contribution >= 4 is 23.0 Å². The van der Waals surface area contributed by atoms with Crippen LogP contribution < -0.4 is 9.47 Å². The maximum Gasteiger partial charge on any atom is 0.387 e. The fraction of sp³-hybridized carbons (Fsp3) is 0.125. The number of aromatic nitrogens is 1. The molecule has 0 spiro atoms. The Hall–Kier alpha value is -4.65. The van der Waals surface area contributed by atoms with Crippen LogP contribution in [0.2, 0.25) is 0 Å². The van der Waals surface area contributed by atoms with Crippen molar-refractivity contribution in [1.82, 2.24) is 9.88 Å². The lowest BCUT2D eigenvalue weighted by Crippen LogP contribution is -2.25. The van der Waals surface area contributed by atoms with E-state index in [2.05, 4.69) is 20.8 Å². The van der Waals surface area contributed by atoms with Crippen LogP contribution in [0.5, 0.6) is 17.2 Å². The fourth-order valence-electron chi connectivity index (χ4n) is 3.52. The summed E-state index contributed by atoms with van der Waals surface area (Å²) >= 11 is 0. The maximum atomic E-state index is 12.9. The number of alkyl halides is 2. The smallest absolute Gasteiger partial charge is 0.387 e. The van der Waals surface area contributed by atoms with Gasteiger partial charge in [0.2, 0.25) is 5.89 Å². The molecule has 170 valence electrons. The number of aliphatic imine (C=N–C) groups is 1. The molecule has 0 atom stereocenters. The molecule has 0 saturated carbocycles. The third-order valence-electron chi connectivity index (χ3n) is 5.01. The van der Waals surface area contributed by atoms with Crippen molar-refractivity contribution in [3.63, 3.8) is 0 Å². The number of nitriles is 1. The Bertz CT molecular complexity index is 1420. The van der Waals surface area contributed by atoms with Gasteiger partial charge < -0.3 is 23.2 Å². The Balaban J connectivity index is 1.36. The predicted molar refractivity (Wildman–Crippen MR) is 117 cm³/mol. The lowest BCUT2D eigenvalue weighted by Gasteiger charge is -2.23. The molecule has 2 aromatic heterocycles. The molecule has 8 nitrogen and oxygen atoms in total. The SMILES string of the molecule is N#Cc1cccc2oc(CN3C=NC=C(c4ccc(OC(F)F)c(Oc5ccoc5)c4)C3)nc12. The number of ether oxygens (including phenoxy) is 2. The van der Waals surface area contributed by atoms with E-state index in [0.29, 0.717) is 47.0 Å². The Morgan fingerprint density at radius 3 is 2.88 bits per heavy atom. The van der Waals surface area contributed by atoms with Crippen molar-refractivity contribution in [2.45, 2.75) is 13.2 Å². The first-order valence-corrected chi connectivity index (χ1v) is 10.1. The second-order valence-electron chi connectivity index (χ2n) is 7.30. The van der Waals surface area contributed by atoms with Crippen LogP contribution in [0.4, 0.5) is 8.78 Å². The number of nitrogens with zero attached hydrogens (tertiary/aromatic N) is 4. The number of hydrogen-bond donors (Lipinski definition) is 0. The van der Waals surface area contributed by atoms with Crippen molar-refractivity contribution in [1.29, 1.82) is 5.26 Å². The highest BCUT2D eigenvalue weighted by molar-refractivity contribution is 5.79. The lowest BCUT2D eigenvalue weighted by molar-refractivity contribution is -0.0510. The minimum atomic E-state index is -3.00. The van der Waals surface area contributed by atoms with E-state index in [4.69, 9.17) is 13.6 Å². The zero-order valence-corrected chi connectivity index (χ0v) is 17.5. The summed E-state index contributed by atoms with van der Waals surface area (Å²) in [5, 5.41) is 9.26. The number of hydrogen-bond acceptors (Lipinski definition) is 8. The molecule has 1 aliphatic heterocycles. The van der Waals surface area contributed by atoms with Gasteiger partial charge in [-0.2, -0.15) is 14.0 Å². The summed E-state index contributed by atoms with van der Waals surface area (Å²) in [6, 6.07) is 13.5. The van der Waals surface area contributed by atoms with Gasteiger partial charge in [0, 0.05) is 18.8 Å². The van der Waals surface area contributed by atoms with Crippen molar-refractivity contribution in [3.8, 4) is 23.3 Å². The Labute approximate surface area is 192 Å². The van der Waals surface area contributed by atoms with E-state index in [0.717, 1.165) is 5.57 Å². The number of fused-ring (bicyclic) bond motifs is 1. The second kappa shape index (κ2) is 9.07. The molecule has 2 aromatic carbocycles. The molecule has 0 saturated heterocycles. The molecular weight excluding hydrogens is 446 g/mol. The first-order valence-electron chi connectivity index (χ1n) is 10.1. The number of benzene rings is 2. The van der Waals surface area contributed by atoms with Crippen molar-refractivity contribution in [2.75, 3.05) is 6.54 Å². The average Bonchev–Trinajstić information content (AvgIpc) is 3.49. The monoisotopic (exact) mass is 462 g/mol. The van der Waals surface area contributed by atoms with E-state index in [9.17, 15) is 14.0 Å². The molecule has 0 bridgehead atoms. The van der Waals surface area contributed by atoms with Gasteiger partial charge >= 0.3 is 6.61 Å². The average molecular weight is 462 g/mol. The normalized spacial score (nSPS) is 13.2. The first-order chi connectivity index (χ1) is 16.6. The van der Waals surface area contributed by atoms with E-state index < -0.39 is 6.61 Å². The molecule has 0 amide bonds. The summed E-state index contributed by atoms with van der Waals surface area (Å²) in [6.07, 6.45) is 6.10. The quantitative estimate of drug-likeness (QED) is 0.354. The second-order valence-corrected chi connectivity index (χ2v) is 7.30. The minimum absolute atomic E-state index is 0.100. The molecule has 3 heterocycles. The van der Waals surface area contributed by atoms with Crippen molar-refractivity contribution < 1.29 is 27.1 Å². The van der Waals surface area contributed by atoms with Gasteiger partial charge in [-0.15, -0.1) is 0 Å². The van der Waals surface area contributed by atoms with Crippen LogP contribution in [-0.2, 0) is 6.54 Å². The molecule has 34 heavy (non-hydrogen) atoms. The largest absolute Gasteiger partial charge is 0.469 e. The summed E-state index contributed by atoms with van der Waals surface area (Å²) in [5.41, 5.74) is 3.02. The van der Waals surface area contributed by atoms with Gasteiger partial charge in [-0.25, -0.2) is 9.98 Å². The van der Waals surface area contributed by atoms with E-state index in [1.54, 1.807) is 48.9 Å². The van der Waals surface area contributed by atoms with Crippen LogP contribution in [0, 0.1) is 11.3 Å². The summed E-state index contributed by atoms with van der Waals surface area (Å²) in [6.45, 7) is -2.22. The summed E-state index contributed by atoms with van der Waals surface area (Å²) in [5.74, 6) is 0.803. The molecule has 0 radical (unpaired) electrons. The van der Waals surface area contributed by atoms with E-state index in [1.165, 1.54) is 18.6 Å². The minimum Gasteiger partial charge on any atom is -0.469 e. The molecule has 10 heteroatoms. The van der Waals surface area contributed by atoms with Gasteiger partial charge in [-0.05, 0) is 35.4 Å². The molecule has 0 N–H and O–H groups in total. The van der Waals surface area contributed by atoms with Crippen LogP contribution in [0.1, 0.15) is 17.0 Å². The van der Waals surface area contributed by atoms with Crippen LogP contribution in [0.15, 0.2) is 75.0 Å². The van der Waals surface area contributed by atoms with Crippen LogP contribution in [0.3, 0.4) is 0 Å². The zero-order chi connectivity index (χ0) is 23.5. The summed E-state index contributed by atoms with van der Waals surface area (Å²) < 4.78 is 46.7. The Kier molecular flexibility index (Phi) is 5.66. The standard InChI is InChI=1S/C24H16F2N4O4/c25-24(26)34-19-5-4-15(8-21(19)32-18-6-7-31-13-18)17-10-28-14-30(11-17)12-22-29-23-16(9-27)2-1-3-20(23)33-22/h1-8,10,13-14,24H,11-12H2. The maximum absolute atomic E-state index is 12.9. The van der Waals surface area contributed by atoms with E-state index in [1.807, 2.05) is 4.90 Å². The summed E-state index contributed by atoms with van der Waals surface area (Å²) in [4.78, 5) is 10.6. The molecular formula is C24H16F2N4O4. The van der Waals surface area contributed by atoms with Gasteiger partial charge in [-0.1, -0.05) is 12.1 Å². The van der Waals surface area contributed by atoms with Gasteiger partial charge in [0.25, 0.3) is 0 Å². The topological polar surface area (TPSA) is 97.0 Å². The third kappa shape index (κ3) is 4.45. The van der Waals surface area contributed by atoms with Crippen LogP contribution in [0.25, 0.3) is 16.7 Å². The molecule has 0 aliphatic carbocycles. The fourth-order valence-corrected chi connectivity index (χ4v) is 3.52. The van der Waals surface area contributed by atoms with Gasteiger partial charge in [0.05, 0.1) is 24.7 Å². The number of para-hydroxylation sites is 1. The molecule has 0 unspecified atom stereocenters. The van der Waals surface area contributed by atoms with E-state index >= 15 is 0 Å². The third-order valence-corrected chi connectivity index (χ3v) is 5.01. The van der Waals surface area contributed by atoms with Crippen molar-refractivity contribution in [2.24, 2.45) is 4.99 Å². The van der Waals surface area contributed by atoms with Crippen LogP contribution >= 0.6 is 0 Å². The molecule has 4 aromatic rings. The molecule has 1 aliphatic rings. The Morgan fingerprint density at radius 1 is 1.18 bits per heavy atom.